The van der Waals surface area contributed by atoms with Gasteiger partial charge in [-0.3, -0.25) is 4.68 Å². The molecule has 2 N–H and O–H groups in total. The molecule has 0 saturated heterocycles. The Balaban J connectivity index is 2.20. The van der Waals surface area contributed by atoms with Crippen molar-refractivity contribution in [2.45, 2.75) is 19.4 Å². The number of unbranched alkanes of at least 4 members (excludes halogenated alkanes) is 1. The highest BCUT2D eigenvalue weighted by Gasteiger charge is 2.00. The van der Waals surface area contributed by atoms with Gasteiger partial charge in [0.15, 0.2) is 0 Å². The van der Waals surface area contributed by atoms with Gasteiger partial charge in [0.25, 0.3) is 0 Å². The largest absolute Gasteiger partial charge is 0.399 e. The predicted molar refractivity (Wildman–Crippen MR) is 59.0 cm³/mol. The lowest BCUT2D eigenvalue weighted by Crippen LogP contribution is -1.97. The summed E-state index contributed by atoms with van der Waals surface area (Å²) < 4.78 is 1.86. The molecule has 15 heavy (non-hydrogen) atoms. The molecule has 0 unspecified atom stereocenters. The Bertz CT molecular complexity index is 507. The molecule has 4 heteroatoms. The number of fused-ring (bicyclic) bond motifs is 1. The van der Waals surface area contributed by atoms with Gasteiger partial charge >= 0.3 is 0 Å². The van der Waals surface area contributed by atoms with Crippen molar-refractivity contribution in [3.05, 3.63) is 24.4 Å². The topological polar surface area (TPSA) is 67.6 Å². The van der Waals surface area contributed by atoms with E-state index in [9.17, 15) is 0 Å². The minimum atomic E-state index is 0.568. The van der Waals surface area contributed by atoms with Crippen LogP contribution in [-0.2, 0) is 6.54 Å². The van der Waals surface area contributed by atoms with Crippen molar-refractivity contribution >= 4 is 16.6 Å². The number of hydrogen-bond acceptors (Lipinski definition) is 3. The third kappa shape index (κ3) is 2.08. The third-order valence-electron chi connectivity index (χ3n) is 2.25. The summed E-state index contributed by atoms with van der Waals surface area (Å²) in [6.45, 7) is 0.780. The quantitative estimate of drug-likeness (QED) is 0.608. The van der Waals surface area contributed by atoms with Crippen LogP contribution in [0.1, 0.15) is 12.8 Å². The van der Waals surface area contributed by atoms with E-state index in [1.54, 1.807) is 0 Å². The molecule has 0 amide bonds. The summed E-state index contributed by atoms with van der Waals surface area (Å²) >= 11 is 0. The lowest BCUT2D eigenvalue weighted by atomic mass is 10.2. The molecule has 0 atom stereocenters. The molecule has 4 nitrogen and oxygen atoms in total. The first-order valence-electron chi connectivity index (χ1n) is 4.89. The Morgan fingerprint density at radius 2 is 2.33 bits per heavy atom. The van der Waals surface area contributed by atoms with Gasteiger partial charge in [0.05, 0.1) is 11.6 Å². The van der Waals surface area contributed by atoms with E-state index in [1.807, 2.05) is 29.1 Å². The Morgan fingerprint density at radius 3 is 3.13 bits per heavy atom. The van der Waals surface area contributed by atoms with Crippen molar-refractivity contribution < 1.29 is 0 Å². The van der Waals surface area contributed by atoms with Gasteiger partial charge in [-0.15, -0.1) is 0 Å². The number of aryl methyl sites for hydroxylation is 1. The number of aromatic nitrogens is 2. The predicted octanol–water partition coefficient (Wildman–Crippen LogP) is 1.92. The van der Waals surface area contributed by atoms with Crippen LogP contribution in [0.25, 0.3) is 10.9 Å². The molecule has 0 radical (unpaired) electrons. The maximum atomic E-state index is 8.42. The fourth-order valence-electron chi connectivity index (χ4n) is 1.52. The molecule has 2 rings (SSSR count). The van der Waals surface area contributed by atoms with Gasteiger partial charge in [-0.25, -0.2) is 0 Å². The SMILES string of the molecule is N#CCCCn1cc2ccc(N)cc2n1. The van der Waals surface area contributed by atoms with Crippen molar-refractivity contribution in [2.24, 2.45) is 0 Å². The third-order valence-corrected chi connectivity index (χ3v) is 2.25. The van der Waals surface area contributed by atoms with Gasteiger partial charge in [0, 0.05) is 30.2 Å². The van der Waals surface area contributed by atoms with Crippen LogP contribution in [-0.4, -0.2) is 9.78 Å². The highest BCUT2D eigenvalue weighted by Crippen LogP contribution is 2.15. The smallest absolute Gasteiger partial charge is 0.0943 e. The first-order valence-corrected chi connectivity index (χ1v) is 4.89. The molecule has 1 aromatic heterocycles. The zero-order valence-corrected chi connectivity index (χ0v) is 8.35. The normalized spacial score (nSPS) is 10.3. The van der Waals surface area contributed by atoms with Gasteiger partial charge in [-0.2, -0.15) is 10.4 Å². The fraction of sp³-hybridized carbons (Fsp3) is 0.273. The molecule has 0 bridgehead atoms. The minimum absolute atomic E-state index is 0.568. The maximum absolute atomic E-state index is 8.42. The summed E-state index contributed by atoms with van der Waals surface area (Å²) in [6.07, 6.45) is 3.38. The van der Waals surface area contributed by atoms with Gasteiger partial charge in [0.1, 0.15) is 0 Å². The maximum Gasteiger partial charge on any atom is 0.0943 e. The average molecular weight is 200 g/mol. The van der Waals surface area contributed by atoms with Crippen LogP contribution in [0.5, 0.6) is 0 Å². The van der Waals surface area contributed by atoms with Crippen LogP contribution in [0.4, 0.5) is 5.69 Å². The summed E-state index contributed by atoms with van der Waals surface area (Å²) in [7, 11) is 0. The van der Waals surface area contributed by atoms with E-state index in [2.05, 4.69) is 11.2 Å². The number of nitrogen functional groups attached to an aromatic ring is 1. The molecule has 0 spiro atoms. The van der Waals surface area contributed by atoms with Gasteiger partial charge in [0.2, 0.25) is 0 Å². The summed E-state index contributed by atoms with van der Waals surface area (Å²) in [4.78, 5) is 0. The van der Waals surface area contributed by atoms with Crippen molar-refractivity contribution in [1.29, 1.82) is 5.26 Å². The molecular weight excluding hydrogens is 188 g/mol. The number of hydrogen-bond donors (Lipinski definition) is 1. The standard InChI is InChI=1S/C11H12N4/c12-5-1-2-6-15-8-9-3-4-10(13)7-11(9)14-15/h3-4,7-8H,1-2,6,13H2. The van der Waals surface area contributed by atoms with Gasteiger partial charge in [-0.1, -0.05) is 0 Å². The molecule has 0 fully saturated rings. The monoisotopic (exact) mass is 200 g/mol. The van der Waals surface area contributed by atoms with Gasteiger partial charge in [-0.05, 0) is 24.6 Å². The molecule has 0 saturated carbocycles. The van der Waals surface area contributed by atoms with Crippen LogP contribution in [0.15, 0.2) is 24.4 Å². The molecule has 2 aromatic rings. The summed E-state index contributed by atoms with van der Waals surface area (Å²) in [5, 5.41) is 13.9. The van der Waals surface area contributed by atoms with E-state index < -0.39 is 0 Å². The Labute approximate surface area is 87.9 Å². The van der Waals surface area contributed by atoms with Crippen LogP contribution in [0.3, 0.4) is 0 Å². The van der Waals surface area contributed by atoms with Crippen LogP contribution in [0, 0.1) is 11.3 Å². The van der Waals surface area contributed by atoms with Crippen molar-refractivity contribution in [3.8, 4) is 6.07 Å². The molecule has 1 heterocycles. The van der Waals surface area contributed by atoms with E-state index >= 15 is 0 Å². The van der Waals surface area contributed by atoms with Crippen LogP contribution in [0.2, 0.25) is 0 Å². The fourth-order valence-corrected chi connectivity index (χ4v) is 1.52. The molecule has 0 aliphatic heterocycles. The van der Waals surface area contributed by atoms with E-state index in [1.165, 1.54) is 0 Å². The summed E-state index contributed by atoms with van der Waals surface area (Å²) in [6, 6.07) is 7.80. The molecule has 0 aliphatic carbocycles. The van der Waals surface area contributed by atoms with E-state index in [0.29, 0.717) is 6.42 Å². The zero-order valence-electron chi connectivity index (χ0n) is 8.35. The number of nitriles is 1. The molecular formula is C11H12N4. The zero-order chi connectivity index (χ0) is 10.7. The number of benzene rings is 1. The van der Waals surface area contributed by atoms with Crippen LogP contribution >= 0.6 is 0 Å². The first kappa shape index (κ1) is 9.53. The highest BCUT2D eigenvalue weighted by atomic mass is 15.3. The minimum Gasteiger partial charge on any atom is -0.399 e. The lowest BCUT2D eigenvalue weighted by Gasteiger charge is -1.95. The molecule has 0 aliphatic rings. The second kappa shape index (κ2) is 4.01. The van der Waals surface area contributed by atoms with E-state index in [-0.39, 0.29) is 0 Å². The van der Waals surface area contributed by atoms with Gasteiger partial charge < -0.3 is 5.73 Å². The lowest BCUT2D eigenvalue weighted by molar-refractivity contribution is 0.591. The Hall–Kier alpha value is -2.02. The second-order valence-electron chi connectivity index (χ2n) is 3.47. The second-order valence-corrected chi connectivity index (χ2v) is 3.47. The van der Waals surface area contributed by atoms with Crippen molar-refractivity contribution in [1.82, 2.24) is 9.78 Å². The van der Waals surface area contributed by atoms with E-state index in [4.69, 9.17) is 11.0 Å². The Morgan fingerprint density at radius 1 is 1.47 bits per heavy atom. The first-order chi connectivity index (χ1) is 7.29. The summed E-state index contributed by atoms with van der Waals surface area (Å²) in [5.41, 5.74) is 7.30. The number of anilines is 1. The number of nitrogens with two attached hydrogens (primary N) is 1. The van der Waals surface area contributed by atoms with Crippen molar-refractivity contribution in [3.63, 3.8) is 0 Å². The average Bonchev–Trinajstić information content (AvgIpc) is 2.60. The van der Waals surface area contributed by atoms with Crippen molar-refractivity contribution in [2.75, 3.05) is 5.73 Å². The molecule has 76 valence electrons. The number of nitrogens with zero attached hydrogens (tertiary/aromatic N) is 3. The Kier molecular flexibility index (Phi) is 2.55. The number of rotatable bonds is 3. The molecule has 1 aromatic carbocycles. The highest BCUT2D eigenvalue weighted by molar-refractivity contribution is 5.81. The van der Waals surface area contributed by atoms with E-state index in [0.717, 1.165) is 29.6 Å². The van der Waals surface area contributed by atoms with Crippen LogP contribution < -0.4 is 5.73 Å². The summed E-state index contributed by atoms with van der Waals surface area (Å²) in [5.74, 6) is 0.